The number of rotatable bonds is 7. The van der Waals surface area contributed by atoms with E-state index in [1.807, 2.05) is 6.92 Å². The zero-order chi connectivity index (χ0) is 13.4. The molecule has 1 aliphatic heterocycles. The molecule has 0 aromatic rings. The Morgan fingerprint density at radius 2 is 2.11 bits per heavy atom. The van der Waals surface area contributed by atoms with E-state index < -0.39 is 0 Å². The van der Waals surface area contributed by atoms with Gasteiger partial charge in [0.05, 0.1) is 19.3 Å². The first kappa shape index (κ1) is 15.4. The minimum absolute atomic E-state index is 0.0640. The maximum absolute atomic E-state index is 11.2. The number of carbonyl (C=O) groups excluding carboxylic acids is 1. The van der Waals surface area contributed by atoms with Gasteiger partial charge in [-0.05, 0) is 40.2 Å². The molecule has 1 fully saturated rings. The molecule has 2 atom stereocenters. The molecule has 0 aromatic carbocycles. The number of nitrogens with zero attached hydrogens (tertiary/aromatic N) is 1. The number of hydrogen-bond donors (Lipinski definition) is 0. The number of hydrogen-bond acceptors (Lipinski definition) is 4. The number of unbranched alkanes of at least 4 members (excludes halogenated alkanes) is 2. The van der Waals surface area contributed by atoms with Crippen molar-refractivity contribution >= 4 is 5.97 Å². The first-order valence-electron chi connectivity index (χ1n) is 7.14. The minimum Gasteiger partial charge on any atom is -0.466 e. The molecule has 0 amide bonds. The van der Waals surface area contributed by atoms with Gasteiger partial charge in [-0.3, -0.25) is 9.69 Å². The fraction of sp³-hybridized carbons (Fsp3) is 0.929. The summed E-state index contributed by atoms with van der Waals surface area (Å²) in [6.07, 6.45) is 4.09. The van der Waals surface area contributed by atoms with Crippen LogP contribution < -0.4 is 0 Å². The molecule has 0 bridgehead atoms. The Morgan fingerprint density at radius 3 is 2.83 bits per heavy atom. The van der Waals surface area contributed by atoms with Gasteiger partial charge in [-0.25, -0.2) is 0 Å². The second-order valence-electron chi connectivity index (χ2n) is 5.10. The Bertz CT molecular complexity index is 245. The lowest BCUT2D eigenvalue weighted by Crippen LogP contribution is -2.47. The maximum atomic E-state index is 11.2. The molecule has 1 heterocycles. The molecule has 1 aliphatic rings. The molecule has 1 saturated heterocycles. The van der Waals surface area contributed by atoms with Crippen molar-refractivity contribution in [3.63, 3.8) is 0 Å². The van der Waals surface area contributed by atoms with E-state index in [-0.39, 0.29) is 5.97 Å². The summed E-state index contributed by atoms with van der Waals surface area (Å²) in [6, 6.07) is 0.520. The van der Waals surface area contributed by atoms with Crippen LogP contribution in [0.3, 0.4) is 0 Å². The Balaban J connectivity index is 2.04. The van der Waals surface area contributed by atoms with Crippen molar-refractivity contribution in [2.75, 3.05) is 26.3 Å². The monoisotopic (exact) mass is 257 g/mol. The second kappa shape index (κ2) is 8.48. The summed E-state index contributed by atoms with van der Waals surface area (Å²) < 4.78 is 10.5. The van der Waals surface area contributed by atoms with E-state index in [1.54, 1.807) is 0 Å². The molecule has 0 aromatic heterocycles. The van der Waals surface area contributed by atoms with Crippen LogP contribution >= 0.6 is 0 Å². The molecule has 18 heavy (non-hydrogen) atoms. The first-order chi connectivity index (χ1) is 8.63. The summed E-state index contributed by atoms with van der Waals surface area (Å²) in [5.74, 6) is -0.0640. The molecule has 0 spiro atoms. The van der Waals surface area contributed by atoms with Gasteiger partial charge >= 0.3 is 5.97 Å². The van der Waals surface area contributed by atoms with Crippen LogP contribution in [0.2, 0.25) is 0 Å². The van der Waals surface area contributed by atoms with Gasteiger partial charge < -0.3 is 9.47 Å². The fourth-order valence-corrected chi connectivity index (χ4v) is 2.28. The van der Waals surface area contributed by atoms with Gasteiger partial charge in [0.25, 0.3) is 0 Å². The van der Waals surface area contributed by atoms with Gasteiger partial charge in [-0.2, -0.15) is 0 Å². The van der Waals surface area contributed by atoms with Crippen molar-refractivity contribution in [1.82, 2.24) is 4.90 Å². The molecule has 0 unspecified atom stereocenters. The van der Waals surface area contributed by atoms with E-state index in [4.69, 9.17) is 9.47 Å². The van der Waals surface area contributed by atoms with E-state index in [0.717, 1.165) is 39.0 Å². The highest BCUT2D eigenvalue weighted by molar-refractivity contribution is 5.69. The van der Waals surface area contributed by atoms with Gasteiger partial charge in [-0.15, -0.1) is 0 Å². The molecule has 106 valence electrons. The number of carbonyl (C=O) groups is 1. The zero-order valence-electron chi connectivity index (χ0n) is 12.0. The number of ether oxygens (including phenoxy) is 2. The molecule has 4 heteroatoms. The lowest BCUT2D eigenvalue weighted by Gasteiger charge is -2.36. The summed E-state index contributed by atoms with van der Waals surface area (Å²) in [5.41, 5.74) is 0. The summed E-state index contributed by atoms with van der Waals surface area (Å²) in [5, 5.41) is 0. The lowest BCUT2D eigenvalue weighted by molar-refractivity contribution is -0.143. The van der Waals surface area contributed by atoms with Crippen LogP contribution in [0, 0.1) is 0 Å². The average Bonchev–Trinajstić information content (AvgIpc) is 2.33. The normalized spacial score (nSPS) is 25.1. The van der Waals surface area contributed by atoms with E-state index in [0.29, 0.717) is 25.2 Å². The van der Waals surface area contributed by atoms with Crippen molar-refractivity contribution in [2.45, 2.75) is 58.6 Å². The molecule has 0 radical (unpaired) electrons. The highest BCUT2D eigenvalue weighted by atomic mass is 16.5. The molecule has 4 nitrogen and oxygen atoms in total. The van der Waals surface area contributed by atoms with Crippen molar-refractivity contribution < 1.29 is 14.3 Å². The predicted molar refractivity (Wildman–Crippen MR) is 71.6 cm³/mol. The SMILES string of the molecule is CCOC(=O)CCCCCN1C[C@@H](C)OC[C@@H]1C. The van der Waals surface area contributed by atoms with E-state index in [9.17, 15) is 4.79 Å². The summed E-state index contributed by atoms with van der Waals surface area (Å²) in [4.78, 5) is 13.6. The van der Waals surface area contributed by atoms with Gasteiger partial charge in [0, 0.05) is 19.0 Å². The second-order valence-corrected chi connectivity index (χ2v) is 5.10. The average molecular weight is 257 g/mol. The van der Waals surface area contributed by atoms with Crippen LogP contribution in [0.25, 0.3) is 0 Å². The van der Waals surface area contributed by atoms with E-state index in [1.165, 1.54) is 0 Å². The van der Waals surface area contributed by atoms with Crippen LogP contribution in [-0.2, 0) is 14.3 Å². The third kappa shape index (κ3) is 5.83. The molecule has 0 N–H and O–H groups in total. The maximum Gasteiger partial charge on any atom is 0.305 e. The smallest absolute Gasteiger partial charge is 0.305 e. The molecular formula is C14H27NO3. The Kier molecular flexibility index (Phi) is 7.28. The van der Waals surface area contributed by atoms with Crippen molar-refractivity contribution in [3.05, 3.63) is 0 Å². The van der Waals surface area contributed by atoms with Crippen LogP contribution in [0.1, 0.15) is 46.5 Å². The molecule has 0 aliphatic carbocycles. The van der Waals surface area contributed by atoms with Gasteiger partial charge in [-0.1, -0.05) is 6.42 Å². The molecule has 0 saturated carbocycles. The van der Waals surface area contributed by atoms with Crippen molar-refractivity contribution in [2.24, 2.45) is 0 Å². The predicted octanol–water partition coefficient (Wildman–Crippen LogP) is 2.22. The van der Waals surface area contributed by atoms with Gasteiger partial charge in [0.1, 0.15) is 0 Å². The van der Waals surface area contributed by atoms with E-state index >= 15 is 0 Å². The van der Waals surface area contributed by atoms with Crippen molar-refractivity contribution in [3.8, 4) is 0 Å². The lowest BCUT2D eigenvalue weighted by atomic mass is 10.1. The summed E-state index contributed by atoms with van der Waals surface area (Å²) in [7, 11) is 0. The van der Waals surface area contributed by atoms with Crippen molar-refractivity contribution in [1.29, 1.82) is 0 Å². The quantitative estimate of drug-likeness (QED) is 0.518. The zero-order valence-corrected chi connectivity index (χ0v) is 12.0. The van der Waals surface area contributed by atoms with Crippen LogP contribution in [0.15, 0.2) is 0 Å². The number of esters is 1. The van der Waals surface area contributed by atoms with Crippen LogP contribution in [0.5, 0.6) is 0 Å². The minimum atomic E-state index is -0.0640. The van der Waals surface area contributed by atoms with E-state index in [2.05, 4.69) is 18.7 Å². The summed E-state index contributed by atoms with van der Waals surface area (Å²) in [6.45, 7) is 9.64. The summed E-state index contributed by atoms with van der Waals surface area (Å²) >= 11 is 0. The molecular weight excluding hydrogens is 230 g/mol. The largest absolute Gasteiger partial charge is 0.466 e. The first-order valence-corrected chi connectivity index (χ1v) is 7.14. The molecule has 1 rings (SSSR count). The number of morpholine rings is 1. The van der Waals surface area contributed by atoms with Crippen LogP contribution in [0.4, 0.5) is 0 Å². The van der Waals surface area contributed by atoms with Gasteiger partial charge in [0.15, 0.2) is 0 Å². The Hall–Kier alpha value is -0.610. The fourth-order valence-electron chi connectivity index (χ4n) is 2.28. The Labute approximate surface area is 111 Å². The third-order valence-electron chi connectivity index (χ3n) is 3.37. The highest BCUT2D eigenvalue weighted by Crippen LogP contribution is 2.13. The standard InChI is InChI=1S/C14H27NO3/c1-4-17-14(16)8-6-5-7-9-15-10-13(3)18-11-12(15)2/h12-13H,4-11H2,1-3H3/t12-,13+/m0/s1. The highest BCUT2D eigenvalue weighted by Gasteiger charge is 2.22. The Morgan fingerprint density at radius 1 is 1.33 bits per heavy atom. The van der Waals surface area contributed by atoms with Crippen LogP contribution in [-0.4, -0.2) is 49.3 Å². The van der Waals surface area contributed by atoms with Gasteiger partial charge in [0.2, 0.25) is 0 Å². The topological polar surface area (TPSA) is 38.8 Å². The third-order valence-corrected chi connectivity index (χ3v) is 3.37.